The van der Waals surface area contributed by atoms with E-state index in [1.807, 2.05) is 31.2 Å². The first-order chi connectivity index (χ1) is 12.5. The molecule has 0 radical (unpaired) electrons. The number of piperazine rings is 1. The minimum absolute atomic E-state index is 0.0318. The van der Waals surface area contributed by atoms with Crippen LogP contribution in [0.4, 0.5) is 0 Å². The molecule has 1 aromatic carbocycles. The third-order valence-electron chi connectivity index (χ3n) is 4.36. The van der Waals surface area contributed by atoms with Crippen LogP contribution in [0.2, 0.25) is 0 Å². The molecule has 1 fully saturated rings. The van der Waals surface area contributed by atoms with Gasteiger partial charge in [-0.3, -0.25) is 14.4 Å². The number of aryl methyl sites for hydroxylation is 1. The van der Waals surface area contributed by atoms with Crippen molar-refractivity contribution in [2.24, 2.45) is 0 Å². The highest BCUT2D eigenvalue weighted by molar-refractivity contribution is 5.84. The molecule has 1 saturated heterocycles. The number of amides is 3. The summed E-state index contributed by atoms with van der Waals surface area (Å²) in [6, 6.07) is 7.72. The zero-order chi connectivity index (χ0) is 18.9. The van der Waals surface area contributed by atoms with Crippen molar-refractivity contribution < 1.29 is 19.1 Å². The molecule has 0 bridgehead atoms. The van der Waals surface area contributed by atoms with Gasteiger partial charge in [0.15, 0.2) is 0 Å². The molecular weight excluding hydrogens is 334 g/mol. The molecule has 1 aromatic rings. The molecule has 26 heavy (non-hydrogen) atoms. The third-order valence-corrected chi connectivity index (χ3v) is 4.36. The molecule has 1 heterocycles. The van der Waals surface area contributed by atoms with Crippen molar-refractivity contribution in [1.29, 1.82) is 0 Å². The lowest BCUT2D eigenvalue weighted by molar-refractivity contribution is -0.139. The number of benzene rings is 1. The van der Waals surface area contributed by atoms with E-state index in [4.69, 9.17) is 4.74 Å². The first-order valence-electron chi connectivity index (χ1n) is 8.95. The second-order valence-corrected chi connectivity index (χ2v) is 6.40. The Kier molecular flexibility index (Phi) is 7.44. The average Bonchev–Trinajstić information content (AvgIpc) is 2.64. The minimum Gasteiger partial charge on any atom is -0.492 e. The van der Waals surface area contributed by atoms with Crippen LogP contribution in [0.5, 0.6) is 5.75 Å². The van der Waals surface area contributed by atoms with Crippen LogP contribution in [0.1, 0.15) is 25.3 Å². The van der Waals surface area contributed by atoms with Gasteiger partial charge in [0.05, 0.1) is 6.54 Å². The molecule has 3 amide bonds. The average molecular weight is 361 g/mol. The molecule has 7 nitrogen and oxygen atoms in total. The summed E-state index contributed by atoms with van der Waals surface area (Å²) < 4.78 is 5.54. The summed E-state index contributed by atoms with van der Waals surface area (Å²) in [6.07, 6.45) is 0.348. The summed E-state index contributed by atoms with van der Waals surface area (Å²) in [5.74, 6) is 0.599. The van der Waals surface area contributed by atoms with Crippen molar-refractivity contribution in [2.45, 2.75) is 26.7 Å². The second-order valence-electron chi connectivity index (χ2n) is 6.40. The van der Waals surface area contributed by atoms with E-state index < -0.39 is 0 Å². The van der Waals surface area contributed by atoms with E-state index in [1.165, 1.54) is 6.92 Å². The van der Waals surface area contributed by atoms with Crippen molar-refractivity contribution in [1.82, 2.24) is 15.1 Å². The molecule has 1 N–H and O–H groups in total. The van der Waals surface area contributed by atoms with E-state index in [0.717, 1.165) is 11.3 Å². The Balaban J connectivity index is 1.57. The van der Waals surface area contributed by atoms with Gasteiger partial charge in [0, 0.05) is 45.9 Å². The van der Waals surface area contributed by atoms with Crippen LogP contribution in [-0.4, -0.2) is 66.9 Å². The highest BCUT2D eigenvalue weighted by atomic mass is 16.5. The van der Waals surface area contributed by atoms with Crippen molar-refractivity contribution in [2.75, 3.05) is 39.3 Å². The van der Waals surface area contributed by atoms with Crippen LogP contribution >= 0.6 is 0 Å². The lowest BCUT2D eigenvalue weighted by Crippen LogP contribution is -2.50. The molecule has 1 aliphatic heterocycles. The summed E-state index contributed by atoms with van der Waals surface area (Å²) in [6.45, 7) is 6.51. The Bertz CT molecular complexity index is 622. The van der Waals surface area contributed by atoms with Gasteiger partial charge in [-0.2, -0.15) is 0 Å². The Hall–Kier alpha value is -2.57. The number of ether oxygens (including phenoxy) is 1. The molecule has 0 atom stereocenters. The fourth-order valence-corrected chi connectivity index (χ4v) is 2.73. The van der Waals surface area contributed by atoms with Crippen molar-refractivity contribution in [3.63, 3.8) is 0 Å². The van der Waals surface area contributed by atoms with Gasteiger partial charge in [0.1, 0.15) is 12.4 Å². The number of hydrogen-bond donors (Lipinski definition) is 1. The van der Waals surface area contributed by atoms with Gasteiger partial charge in [-0.15, -0.1) is 0 Å². The molecule has 2 rings (SSSR count). The van der Waals surface area contributed by atoms with E-state index in [0.29, 0.717) is 39.3 Å². The maximum Gasteiger partial charge on any atom is 0.223 e. The topological polar surface area (TPSA) is 79.0 Å². The molecule has 0 spiro atoms. The van der Waals surface area contributed by atoms with Gasteiger partial charge in [-0.1, -0.05) is 17.7 Å². The van der Waals surface area contributed by atoms with Gasteiger partial charge in [0.25, 0.3) is 0 Å². The summed E-state index contributed by atoms with van der Waals surface area (Å²) in [4.78, 5) is 38.7. The SMILES string of the molecule is CC(=O)N1CCN(C(=O)CCC(=O)NCCOc2ccc(C)cc2)CC1. The molecule has 0 unspecified atom stereocenters. The third kappa shape index (κ3) is 6.38. The van der Waals surface area contributed by atoms with E-state index in [2.05, 4.69) is 5.32 Å². The molecular formula is C19H27N3O4. The van der Waals surface area contributed by atoms with Crippen LogP contribution in [0, 0.1) is 6.92 Å². The predicted molar refractivity (Wildman–Crippen MR) is 97.8 cm³/mol. The molecule has 0 aliphatic carbocycles. The Morgan fingerprint density at radius 2 is 1.62 bits per heavy atom. The summed E-state index contributed by atoms with van der Waals surface area (Å²) in [5.41, 5.74) is 1.16. The smallest absolute Gasteiger partial charge is 0.223 e. The maximum absolute atomic E-state index is 12.1. The van der Waals surface area contributed by atoms with Gasteiger partial charge < -0.3 is 19.9 Å². The molecule has 7 heteroatoms. The monoisotopic (exact) mass is 361 g/mol. The fraction of sp³-hybridized carbons (Fsp3) is 0.526. The Morgan fingerprint density at radius 3 is 2.23 bits per heavy atom. The van der Waals surface area contributed by atoms with E-state index in [9.17, 15) is 14.4 Å². The van der Waals surface area contributed by atoms with E-state index in [-0.39, 0.29) is 30.6 Å². The molecule has 0 saturated carbocycles. The molecule has 0 aromatic heterocycles. The number of rotatable bonds is 7. The normalized spacial score (nSPS) is 14.1. The van der Waals surface area contributed by atoms with Crippen LogP contribution in [0.3, 0.4) is 0 Å². The van der Waals surface area contributed by atoms with Crippen LogP contribution in [-0.2, 0) is 14.4 Å². The Labute approximate surface area is 154 Å². The number of nitrogens with one attached hydrogen (secondary N) is 1. The second kappa shape index (κ2) is 9.79. The van der Waals surface area contributed by atoms with Crippen LogP contribution in [0.15, 0.2) is 24.3 Å². The van der Waals surface area contributed by atoms with Gasteiger partial charge in [0.2, 0.25) is 17.7 Å². The summed E-state index contributed by atoms with van der Waals surface area (Å²) >= 11 is 0. The van der Waals surface area contributed by atoms with Crippen LogP contribution in [0.25, 0.3) is 0 Å². The lowest BCUT2D eigenvalue weighted by Gasteiger charge is -2.34. The zero-order valence-electron chi connectivity index (χ0n) is 15.5. The standard InChI is InChI=1S/C19H27N3O4/c1-15-3-5-17(6-4-15)26-14-9-20-18(24)7-8-19(25)22-12-10-21(11-13-22)16(2)23/h3-6H,7-14H2,1-2H3,(H,20,24). The van der Waals surface area contributed by atoms with Crippen molar-refractivity contribution >= 4 is 17.7 Å². The number of nitrogens with zero attached hydrogens (tertiary/aromatic N) is 2. The van der Waals surface area contributed by atoms with E-state index >= 15 is 0 Å². The quantitative estimate of drug-likeness (QED) is 0.734. The number of carbonyl (C=O) groups is 3. The zero-order valence-corrected chi connectivity index (χ0v) is 15.5. The van der Waals surface area contributed by atoms with Gasteiger partial charge in [-0.25, -0.2) is 0 Å². The number of carbonyl (C=O) groups excluding carboxylic acids is 3. The molecule has 142 valence electrons. The predicted octanol–water partition coefficient (Wildman–Crippen LogP) is 0.961. The fourth-order valence-electron chi connectivity index (χ4n) is 2.73. The first kappa shape index (κ1) is 19.8. The maximum atomic E-state index is 12.1. The highest BCUT2D eigenvalue weighted by Gasteiger charge is 2.22. The molecule has 1 aliphatic rings. The van der Waals surface area contributed by atoms with Crippen molar-refractivity contribution in [3.8, 4) is 5.75 Å². The summed E-state index contributed by atoms with van der Waals surface area (Å²) in [5, 5.41) is 2.76. The van der Waals surface area contributed by atoms with E-state index in [1.54, 1.807) is 9.80 Å². The van der Waals surface area contributed by atoms with Crippen LogP contribution < -0.4 is 10.1 Å². The lowest BCUT2D eigenvalue weighted by atomic mass is 10.2. The number of hydrogen-bond acceptors (Lipinski definition) is 4. The largest absolute Gasteiger partial charge is 0.492 e. The highest BCUT2D eigenvalue weighted by Crippen LogP contribution is 2.10. The first-order valence-corrected chi connectivity index (χ1v) is 8.95. The Morgan fingerprint density at radius 1 is 1.00 bits per heavy atom. The van der Waals surface area contributed by atoms with Gasteiger partial charge in [-0.05, 0) is 19.1 Å². The minimum atomic E-state index is -0.159. The van der Waals surface area contributed by atoms with Gasteiger partial charge >= 0.3 is 0 Å². The van der Waals surface area contributed by atoms with Crippen molar-refractivity contribution in [3.05, 3.63) is 29.8 Å². The summed E-state index contributed by atoms with van der Waals surface area (Å²) in [7, 11) is 0.